The van der Waals surface area contributed by atoms with E-state index in [0.29, 0.717) is 30.8 Å². The normalized spacial score (nSPS) is 12.2. The van der Waals surface area contributed by atoms with Gasteiger partial charge in [0.1, 0.15) is 0 Å². The maximum Gasteiger partial charge on any atom is 0.253 e. The van der Waals surface area contributed by atoms with E-state index in [0.717, 1.165) is 0 Å². The highest BCUT2D eigenvalue weighted by Crippen LogP contribution is 2.04. The Morgan fingerprint density at radius 2 is 2.41 bits per heavy atom. The Hall–Kier alpha value is -1.46. The molecule has 0 aromatic carbocycles. The Bertz CT molecular complexity index is 369. The van der Waals surface area contributed by atoms with Gasteiger partial charge in [-0.3, -0.25) is 9.78 Å². The summed E-state index contributed by atoms with van der Waals surface area (Å²) < 4.78 is 4.97. The average molecular weight is 237 g/mol. The Labute approximate surface area is 101 Å². The van der Waals surface area contributed by atoms with Gasteiger partial charge in [0.2, 0.25) is 0 Å². The topological polar surface area (TPSA) is 77.2 Å². The largest absolute Gasteiger partial charge is 0.385 e. The minimum absolute atomic E-state index is 0.0675. The van der Waals surface area contributed by atoms with E-state index in [1.54, 1.807) is 25.4 Å². The van der Waals surface area contributed by atoms with Crippen molar-refractivity contribution in [2.24, 2.45) is 5.73 Å². The van der Waals surface area contributed by atoms with Crippen molar-refractivity contribution in [2.75, 3.05) is 20.3 Å². The van der Waals surface area contributed by atoms with Gasteiger partial charge < -0.3 is 15.8 Å². The van der Waals surface area contributed by atoms with Gasteiger partial charge in [-0.15, -0.1) is 0 Å². The predicted octanol–water partition coefficient (Wildman–Crippen LogP) is 0.484. The molecule has 0 aliphatic heterocycles. The van der Waals surface area contributed by atoms with Crippen molar-refractivity contribution in [3.63, 3.8) is 0 Å². The molecular formula is C12H19N3O2. The van der Waals surface area contributed by atoms with Gasteiger partial charge in [0, 0.05) is 38.2 Å². The third-order valence-electron chi connectivity index (χ3n) is 2.54. The monoisotopic (exact) mass is 237 g/mol. The van der Waals surface area contributed by atoms with Gasteiger partial charge in [-0.05, 0) is 25.5 Å². The first-order valence-electron chi connectivity index (χ1n) is 5.60. The number of rotatable bonds is 6. The number of pyridine rings is 1. The van der Waals surface area contributed by atoms with Crippen LogP contribution in [0, 0.1) is 6.92 Å². The molecule has 1 aromatic heterocycles. The van der Waals surface area contributed by atoms with Crippen LogP contribution in [-0.4, -0.2) is 37.2 Å². The lowest BCUT2D eigenvalue weighted by molar-refractivity contribution is 0.0925. The van der Waals surface area contributed by atoms with Crippen molar-refractivity contribution < 1.29 is 9.53 Å². The summed E-state index contributed by atoms with van der Waals surface area (Å²) in [5.74, 6) is -0.137. The van der Waals surface area contributed by atoms with Crippen LogP contribution < -0.4 is 11.1 Å². The van der Waals surface area contributed by atoms with Gasteiger partial charge in [-0.25, -0.2) is 0 Å². The Kier molecular flexibility index (Phi) is 5.59. The van der Waals surface area contributed by atoms with Crippen LogP contribution in [0.4, 0.5) is 0 Å². The molecule has 0 saturated carbocycles. The second-order valence-electron chi connectivity index (χ2n) is 3.82. The van der Waals surface area contributed by atoms with Crippen molar-refractivity contribution in [1.29, 1.82) is 0 Å². The number of hydrogen-bond acceptors (Lipinski definition) is 4. The van der Waals surface area contributed by atoms with E-state index in [2.05, 4.69) is 10.3 Å². The molecule has 0 aliphatic carbocycles. The van der Waals surface area contributed by atoms with Crippen LogP contribution in [0.3, 0.4) is 0 Å². The highest BCUT2D eigenvalue weighted by atomic mass is 16.5. The van der Waals surface area contributed by atoms with Crippen LogP contribution >= 0.6 is 0 Å². The van der Waals surface area contributed by atoms with E-state index >= 15 is 0 Å². The number of aromatic nitrogens is 1. The van der Waals surface area contributed by atoms with Crippen molar-refractivity contribution in [1.82, 2.24) is 10.3 Å². The summed E-state index contributed by atoms with van der Waals surface area (Å²) in [6, 6.07) is 3.43. The number of nitrogens with zero attached hydrogens (tertiary/aromatic N) is 1. The molecule has 5 nitrogen and oxygen atoms in total. The molecule has 17 heavy (non-hydrogen) atoms. The first kappa shape index (κ1) is 13.6. The molecule has 0 radical (unpaired) electrons. The first-order chi connectivity index (χ1) is 8.19. The van der Waals surface area contributed by atoms with Gasteiger partial charge in [-0.1, -0.05) is 0 Å². The van der Waals surface area contributed by atoms with Crippen LogP contribution in [0.5, 0.6) is 0 Å². The number of nitrogens with one attached hydrogen (secondary N) is 1. The summed E-state index contributed by atoms with van der Waals surface area (Å²) in [5, 5.41) is 2.87. The summed E-state index contributed by atoms with van der Waals surface area (Å²) >= 11 is 0. The molecule has 1 rings (SSSR count). The molecule has 0 aliphatic rings. The fourth-order valence-corrected chi connectivity index (χ4v) is 1.50. The number of ether oxygens (including phenoxy) is 1. The van der Waals surface area contributed by atoms with Gasteiger partial charge in [-0.2, -0.15) is 0 Å². The molecule has 1 aromatic rings. The molecule has 1 unspecified atom stereocenters. The highest BCUT2D eigenvalue weighted by molar-refractivity contribution is 5.95. The molecule has 0 spiro atoms. The minimum Gasteiger partial charge on any atom is -0.385 e. The van der Waals surface area contributed by atoms with Crippen molar-refractivity contribution in [3.8, 4) is 0 Å². The summed E-state index contributed by atoms with van der Waals surface area (Å²) in [6.45, 7) is 2.78. The van der Waals surface area contributed by atoms with E-state index in [-0.39, 0.29) is 11.9 Å². The van der Waals surface area contributed by atoms with E-state index in [9.17, 15) is 4.79 Å². The summed E-state index contributed by atoms with van der Waals surface area (Å²) in [4.78, 5) is 16.0. The van der Waals surface area contributed by atoms with Gasteiger partial charge >= 0.3 is 0 Å². The zero-order chi connectivity index (χ0) is 12.7. The maximum atomic E-state index is 12.0. The molecule has 5 heteroatoms. The van der Waals surface area contributed by atoms with Crippen LogP contribution in [0.1, 0.15) is 22.5 Å². The van der Waals surface area contributed by atoms with E-state index in [1.165, 1.54) is 0 Å². The van der Waals surface area contributed by atoms with Gasteiger partial charge in [0.15, 0.2) is 0 Å². The number of carbonyl (C=O) groups is 1. The van der Waals surface area contributed by atoms with E-state index in [4.69, 9.17) is 10.5 Å². The van der Waals surface area contributed by atoms with Crippen LogP contribution in [0.2, 0.25) is 0 Å². The quantitative estimate of drug-likeness (QED) is 0.754. The number of methoxy groups -OCH3 is 1. The second kappa shape index (κ2) is 6.98. The number of hydrogen-bond donors (Lipinski definition) is 2. The number of nitrogens with two attached hydrogens (primary N) is 1. The average Bonchev–Trinajstić information content (AvgIpc) is 2.34. The number of carbonyl (C=O) groups excluding carboxylic acids is 1. The molecule has 0 saturated heterocycles. The number of aryl methyl sites for hydroxylation is 1. The molecule has 0 fully saturated rings. The lowest BCUT2D eigenvalue weighted by Gasteiger charge is -2.16. The van der Waals surface area contributed by atoms with Crippen LogP contribution in [0.25, 0.3) is 0 Å². The first-order valence-corrected chi connectivity index (χ1v) is 5.60. The second-order valence-corrected chi connectivity index (χ2v) is 3.82. The van der Waals surface area contributed by atoms with E-state index in [1.807, 2.05) is 6.92 Å². The Morgan fingerprint density at radius 1 is 1.65 bits per heavy atom. The Balaban J connectivity index is 2.61. The molecule has 94 valence electrons. The highest BCUT2D eigenvalue weighted by Gasteiger charge is 2.14. The SMILES string of the molecule is COCCC(CN)NC(=O)c1cccnc1C. The summed E-state index contributed by atoms with van der Waals surface area (Å²) in [7, 11) is 1.63. The lowest BCUT2D eigenvalue weighted by Crippen LogP contribution is -2.41. The molecular weight excluding hydrogens is 218 g/mol. The Morgan fingerprint density at radius 3 is 3.00 bits per heavy atom. The zero-order valence-electron chi connectivity index (χ0n) is 10.3. The third-order valence-corrected chi connectivity index (χ3v) is 2.54. The fraction of sp³-hybridized carbons (Fsp3) is 0.500. The zero-order valence-corrected chi connectivity index (χ0v) is 10.3. The van der Waals surface area contributed by atoms with Crippen molar-refractivity contribution in [3.05, 3.63) is 29.6 Å². The molecule has 1 amide bonds. The van der Waals surface area contributed by atoms with Crippen LogP contribution in [0.15, 0.2) is 18.3 Å². The minimum atomic E-state index is -0.137. The standard InChI is InChI=1S/C12H19N3O2/c1-9-11(4-3-6-14-9)12(16)15-10(8-13)5-7-17-2/h3-4,6,10H,5,7-8,13H2,1-2H3,(H,15,16). The third kappa shape index (κ3) is 4.13. The van der Waals surface area contributed by atoms with Crippen molar-refractivity contribution in [2.45, 2.75) is 19.4 Å². The summed E-state index contributed by atoms with van der Waals surface area (Å²) in [5.41, 5.74) is 6.89. The predicted molar refractivity (Wildman–Crippen MR) is 65.8 cm³/mol. The fourth-order valence-electron chi connectivity index (χ4n) is 1.50. The van der Waals surface area contributed by atoms with Crippen LogP contribution in [-0.2, 0) is 4.74 Å². The smallest absolute Gasteiger partial charge is 0.253 e. The molecule has 1 atom stereocenters. The maximum absolute atomic E-state index is 12.0. The van der Waals surface area contributed by atoms with Crippen molar-refractivity contribution >= 4 is 5.91 Å². The van der Waals surface area contributed by atoms with Gasteiger partial charge in [0.25, 0.3) is 5.91 Å². The van der Waals surface area contributed by atoms with E-state index < -0.39 is 0 Å². The summed E-state index contributed by atoms with van der Waals surface area (Å²) in [6.07, 6.45) is 2.37. The lowest BCUT2D eigenvalue weighted by atomic mass is 10.1. The van der Waals surface area contributed by atoms with Gasteiger partial charge in [0.05, 0.1) is 5.56 Å². The molecule has 3 N–H and O–H groups in total. The number of amides is 1. The molecule has 1 heterocycles. The molecule has 0 bridgehead atoms.